The molecule has 0 saturated carbocycles. The number of carbonyl (C=O) groups is 1. The van der Waals surface area contributed by atoms with Crippen molar-refractivity contribution >= 4 is 34.8 Å². The lowest BCUT2D eigenvalue weighted by Crippen LogP contribution is -2.22. The van der Waals surface area contributed by atoms with Gasteiger partial charge in [-0.15, -0.1) is 0 Å². The number of halogens is 4. The first-order valence-corrected chi connectivity index (χ1v) is 8.50. The molecular weight excluding hydrogens is 397 g/mol. The minimum Gasteiger partial charge on any atom is -0.319 e. The van der Waals surface area contributed by atoms with Crippen molar-refractivity contribution in [2.75, 3.05) is 5.32 Å². The topological polar surface area (TPSA) is 51.1 Å². The molecule has 1 amide bonds. The van der Waals surface area contributed by atoms with Crippen LogP contribution in [0.15, 0.2) is 59.5 Å². The van der Waals surface area contributed by atoms with E-state index in [1.807, 2.05) is 0 Å². The van der Waals surface area contributed by atoms with Crippen LogP contribution >= 0.6 is 23.2 Å². The highest BCUT2D eigenvalue weighted by Gasteiger charge is 2.12. The Morgan fingerprint density at radius 1 is 1.00 bits per heavy atom. The van der Waals surface area contributed by atoms with Crippen LogP contribution in [0, 0.1) is 11.6 Å². The maximum absolute atomic E-state index is 13.7. The number of amides is 1. The van der Waals surface area contributed by atoms with Crippen molar-refractivity contribution < 1.29 is 13.6 Å². The van der Waals surface area contributed by atoms with Crippen molar-refractivity contribution in [1.29, 1.82) is 0 Å². The molecule has 0 bridgehead atoms. The van der Waals surface area contributed by atoms with E-state index in [1.54, 1.807) is 18.2 Å². The van der Waals surface area contributed by atoms with Gasteiger partial charge in [0.1, 0.15) is 11.6 Å². The van der Waals surface area contributed by atoms with Crippen molar-refractivity contribution in [3.63, 3.8) is 0 Å². The Labute approximate surface area is 163 Å². The Morgan fingerprint density at radius 3 is 2.52 bits per heavy atom. The molecule has 8 heteroatoms. The van der Waals surface area contributed by atoms with Gasteiger partial charge in [-0.2, -0.15) is 0 Å². The third kappa shape index (κ3) is 4.53. The predicted octanol–water partition coefficient (Wildman–Crippen LogP) is 4.73. The van der Waals surface area contributed by atoms with Gasteiger partial charge in [0.2, 0.25) is 0 Å². The monoisotopic (exact) mass is 408 g/mol. The fraction of sp³-hybridized carbons (Fsp3) is 0.0526. The third-order valence-electron chi connectivity index (χ3n) is 3.76. The summed E-state index contributed by atoms with van der Waals surface area (Å²) in [5.74, 6) is -2.13. The highest BCUT2D eigenvalue weighted by molar-refractivity contribution is 6.42. The molecule has 27 heavy (non-hydrogen) atoms. The first-order valence-electron chi connectivity index (χ1n) is 7.74. The molecule has 0 unspecified atom stereocenters. The molecule has 2 aromatic carbocycles. The van der Waals surface area contributed by atoms with Gasteiger partial charge in [-0.05, 0) is 35.9 Å². The Bertz CT molecular complexity index is 1080. The second-order valence-electron chi connectivity index (χ2n) is 5.71. The van der Waals surface area contributed by atoms with Crippen molar-refractivity contribution in [2.45, 2.75) is 6.54 Å². The van der Waals surface area contributed by atoms with Crippen LogP contribution < -0.4 is 10.9 Å². The zero-order valence-electron chi connectivity index (χ0n) is 13.7. The number of hydrogen-bond acceptors (Lipinski definition) is 2. The van der Waals surface area contributed by atoms with Crippen LogP contribution in [0.2, 0.25) is 10.0 Å². The fourth-order valence-corrected chi connectivity index (χ4v) is 2.73. The molecule has 0 radical (unpaired) electrons. The molecule has 1 N–H and O–H groups in total. The quantitative estimate of drug-likeness (QED) is 0.677. The van der Waals surface area contributed by atoms with E-state index in [0.29, 0.717) is 15.6 Å². The van der Waals surface area contributed by atoms with Crippen LogP contribution in [0.4, 0.5) is 14.5 Å². The van der Waals surface area contributed by atoms with E-state index >= 15 is 0 Å². The largest absolute Gasteiger partial charge is 0.319 e. The Hall–Kier alpha value is -2.70. The summed E-state index contributed by atoms with van der Waals surface area (Å²) in [5, 5.41) is 3.02. The summed E-state index contributed by atoms with van der Waals surface area (Å²) in [6, 6.07) is 10.2. The Kier molecular flexibility index (Phi) is 5.58. The molecular formula is C19H12Cl2F2N2O2. The van der Waals surface area contributed by atoms with E-state index in [9.17, 15) is 18.4 Å². The summed E-state index contributed by atoms with van der Waals surface area (Å²) >= 11 is 11.8. The Balaban J connectivity index is 1.85. The van der Waals surface area contributed by atoms with Crippen LogP contribution in [0.3, 0.4) is 0 Å². The summed E-state index contributed by atoms with van der Waals surface area (Å²) < 4.78 is 28.2. The van der Waals surface area contributed by atoms with Gasteiger partial charge in [0.05, 0.1) is 27.8 Å². The summed E-state index contributed by atoms with van der Waals surface area (Å²) in [6.45, 7) is 0.158. The van der Waals surface area contributed by atoms with Gasteiger partial charge in [-0.1, -0.05) is 29.3 Å². The van der Waals surface area contributed by atoms with Crippen LogP contribution in [0.1, 0.15) is 15.9 Å². The van der Waals surface area contributed by atoms with Gasteiger partial charge >= 0.3 is 0 Å². The molecule has 0 fully saturated rings. The molecule has 0 saturated heterocycles. The number of anilines is 1. The standard InChI is InChI=1S/C19H12Cl2F2N2O2/c20-14-4-1-11(7-15(14)21)9-25-10-12(2-6-18(25)26)19(27)24-17-8-13(22)3-5-16(17)23/h1-8,10H,9H2,(H,24,27). The molecule has 3 rings (SSSR count). The van der Waals surface area contributed by atoms with E-state index in [4.69, 9.17) is 23.2 Å². The molecule has 0 aliphatic rings. The van der Waals surface area contributed by atoms with Crippen LogP contribution in [-0.2, 0) is 6.54 Å². The highest BCUT2D eigenvalue weighted by Crippen LogP contribution is 2.23. The number of nitrogens with zero attached hydrogens (tertiary/aromatic N) is 1. The molecule has 0 aliphatic heterocycles. The van der Waals surface area contributed by atoms with Gasteiger partial charge in [-0.3, -0.25) is 9.59 Å². The number of carbonyl (C=O) groups excluding carboxylic acids is 1. The third-order valence-corrected chi connectivity index (χ3v) is 4.50. The average Bonchev–Trinajstić information content (AvgIpc) is 2.63. The second-order valence-corrected chi connectivity index (χ2v) is 6.53. The molecule has 138 valence electrons. The molecule has 0 spiro atoms. The van der Waals surface area contributed by atoms with Crippen molar-refractivity contribution in [3.05, 3.63) is 97.9 Å². The summed E-state index contributed by atoms with van der Waals surface area (Å²) in [7, 11) is 0. The molecule has 3 aromatic rings. The summed E-state index contributed by atoms with van der Waals surface area (Å²) in [6.07, 6.45) is 1.33. The normalized spacial score (nSPS) is 10.7. The molecule has 0 atom stereocenters. The highest BCUT2D eigenvalue weighted by atomic mass is 35.5. The van der Waals surface area contributed by atoms with Crippen LogP contribution in [-0.4, -0.2) is 10.5 Å². The van der Waals surface area contributed by atoms with E-state index in [-0.39, 0.29) is 23.4 Å². The maximum Gasteiger partial charge on any atom is 0.257 e. The second kappa shape index (κ2) is 7.90. The van der Waals surface area contributed by atoms with Crippen molar-refractivity contribution in [2.24, 2.45) is 0 Å². The van der Waals surface area contributed by atoms with E-state index in [2.05, 4.69) is 5.32 Å². The van der Waals surface area contributed by atoms with Crippen molar-refractivity contribution in [1.82, 2.24) is 4.57 Å². The predicted molar refractivity (Wildman–Crippen MR) is 101 cm³/mol. The van der Waals surface area contributed by atoms with E-state index in [1.165, 1.54) is 22.9 Å². The lowest BCUT2D eigenvalue weighted by atomic mass is 10.2. The number of pyridine rings is 1. The smallest absolute Gasteiger partial charge is 0.257 e. The summed E-state index contributed by atoms with van der Waals surface area (Å²) in [5.41, 5.74) is 0.190. The van der Waals surface area contributed by atoms with Crippen LogP contribution in [0.25, 0.3) is 0 Å². The number of hydrogen-bond donors (Lipinski definition) is 1. The van der Waals surface area contributed by atoms with Crippen LogP contribution in [0.5, 0.6) is 0 Å². The number of benzene rings is 2. The number of aromatic nitrogens is 1. The Morgan fingerprint density at radius 2 is 1.78 bits per heavy atom. The first-order chi connectivity index (χ1) is 12.8. The molecule has 0 aliphatic carbocycles. The van der Waals surface area contributed by atoms with E-state index in [0.717, 1.165) is 18.2 Å². The minimum atomic E-state index is -0.770. The summed E-state index contributed by atoms with van der Waals surface area (Å²) in [4.78, 5) is 24.4. The molecule has 4 nitrogen and oxygen atoms in total. The zero-order chi connectivity index (χ0) is 19.6. The van der Waals surface area contributed by atoms with E-state index < -0.39 is 17.5 Å². The average molecular weight is 409 g/mol. The van der Waals surface area contributed by atoms with Gasteiger partial charge in [0, 0.05) is 18.3 Å². The lowest BCUT2D eigenvalue weighted by Gasteiger charge is -2.10. The molecule has 1 aromatic heterocycles. The molecule has 1 heterocycles. The van der Waals surface area contributed by atoms with Gasteiger partial charge in [-0.25, -0.2) is 8.78 Å². The van der Waals surface area contributed by atoms with Gasteiger partial charge < -0.3 is 9.88 Å². The fourth-order valence-electron chi connectivity index (χ4n) is 2.41. The minimum absolute atomic E-state index is 0.110. The zero-order valence-corrected chi connectivity index (χ0v) is 15.2. The van der Waals surface area contributed by atoms with Crippen molar-refractivity contribution in [3.8, 4) is 0 Å². The number of rotatable bonds is 4. The lowest BCUT2D eigenvalue weighted by molar-refractivity contribution is 0.102. The first kappa shape index (κ1) is 19.1. The van der Waals surface area contributed by atoms with Gasteiger partial charge in [0.25, 0.3) is 11.5 Å². The maximum atomic E-state index is 13.7. The SMILES string of the molecule is O=C(Nc1cc(F)ccc1F)c1ccc(=O)n(Cc2ccc(Cl)c(Cl)c2)c1. The van der Waals surface area contributed by atoms with Gasteiger partial charge in [0.15, 0.2) is 0 Å². The number of nitrogens with one attached hydrogen (secondary N) is 1.